The van der Waals surface area contributed by atoms with Crippen molar-refractivity contribution in [2.45, 2.75) is 19.4 Å². The minimum Gasteiger partial charge on any atom is -0.376 e. The lowest BCUT2D eigenvalue weighted by Crippen LogP contribution is -2.05. The summed E-state index contributed by atoms with van der Waals surface area (Å²) in [5, 5.41) is 14.0. The molecule has 0 spiro atoms. The summed E-state index contributed by atoms with van der Waals surface area (Å²) in [5.74, 6) is 0.614. The number of nitrogens with one attached hydrogen (secondary N) is 1. The normalized spacial score (nSPS) is 23.6. The van der Waals surface area contributed by atoms with Crippen LogP contribution in [0.4, 0.5) is 11.4 Å². The van der Waals surface area contributed by atoms with Crippen LogP contribution in [0.3, 0.4) is 0 Å². The first-order valence-electron chi connectivity index (χ1n) is 4.78. The van der Waals surface area contributed by atoms with Crippen LogP contribution in [-0.2, 0) is 0 Å². The highest BCUT2D eigenvalue weighted by atomic mass is 79.9. The van der Waals surface area contributed by atoms with E-state index in [0.717, 1.165) is 10.9 Å². The zero-order valence-electron chi connectivity index (χ0n) is 8.24. The monoisotopic (exact) mass is 270 g/mol. The molecule has 0 saturated heterocycles. The Kier molecular flexibility index (Phi) is 2.65. The Morgan fingerprint density at radius 1 is 1.60 bits per heavy atom. The van der Waals surface area contributed by atoms with Crippen LogP contribution in [0.5, 0.6) is 0 Å². The zero-order valence-corrected chi connectivity index (χ0v) is 9.82. The molecule has 0 aliphatic heterocycles. The van der Waals surface area contributed by atoms with Crippen molar-refractivity contribution in [1.29, 1.82) is 0 Å². The van der Waals surface area contributed by atoms with Crippen LogP contribution >= 0.6 is 15.9 Å². The Balaban J connectivity index is 2.26. The number of hydrogen-bond acceptors (Lipinski definition) is 3. The van der Waals surface area contributed by atoms with Gasteiger partial charge in [0.2, 0.25) is 0 Å². The van der Waals surface area contributed by atoms with E-state index in [1.807, 2.05) is 0 Å². The van der Waals surface area contributed by atoms with Gasteiger partial charge in [-0.05, 0) is 24.5 Å². The molecule has 5 heteroatoms. The van der Waals surface area contributed by atoms with E-state index in [9.17, 15) is 10.1 Å². The van der Waals surface area contributed by atoms with Crippen molar-refractivity contribution < 1.29 is 4.92 Å². The molecule has 1 saturated carbocycles. The molecule has 0 bridgehead atoms. The Morgan fingerprint density at radius 3 is 2.80 bits per heavy atom. The topological polar surface area (TPSA) is 55.2 Å². The standard InChI is InChI=1S/C10H11BrN2O2/c1-6-4-8(6)12-9-5-7(11)2-3-10(9)13(14)15/h2-3,5-6,8,12H,4H2,1H3. The van der Waals surface area contributed by atoms with E-state index in [0.29, 0.717) is 17.6 Å². The number of benzene rings is 1. The summed E-state index contributed by atoms with van der Waals surface area (Å²) in [6.07, 6.45) is 1.09. The van der Waals surface area contributed by atoms with Crippen molar-refractivity contribution in [3.8, 4) is 0 Å². The summed E-state index contributed by atoms with van der Waals surface area (Å²) in [6.45, 7) is 2.13. The van der Waals surface area contributed by atoms with Gasteiger partial charge in [-0.2, -0.15) is 0 Å². The fourth-order valence-corrected chi connectivity index (χ4v) is 1.87. The van der Waals surface area contributed by atoms with Gasteiger partial charge in [-0.1, -0.05) is 22.9 Å². The van der Waals surface area contributed by atoms with Crippen molar-refractivity contribution in [1.82, 2.24) is 0 Å². The fourth-order valence-electron chi connectivity index (χ4n) is 1.51. The van der Waals surface area contributed by atoms with E-state index in [1.165, 1.54) is 6.07 Å². The van der Waals surface area contributed by atoms with Crippen LogP contribution in [0.25, 0.3) is 0 Å². The van der Waals surface area contributed by atoms with Gasteiger partial charge in [0.05, 0.1) is 4.92 Å². The maximum absolute atomic E-state index is 10.8. The lowest BCUT2D eigenvalue weighted by Gasteiger charge is -2.06. The van der Waals surface area contributed by atoms with E-state index in [-0.39, 0.29) is 10.6 Å². The number of anilines is 1. The van der Waals surface area contributed by atoms with Crippen LogP contribution < -0.4 is 5.32 Å². The molecule has 1 aromatic rings. The molecule has 15 heavy (non-hydrogen) atoms. The van der Waals surface area contributed by atoms with Gasteiger partial charge in [0.15, 0.2) is 0 Å². The third-order valence-electron chi connectivity index (χ3n) is 2.61. The van der Waals surface area contributed by atoms with E-state index < -0.39 is 0 Å². The molecule has 1 fully saturated rings. The zero-order chi connectivity index (χ0) is 11.0. The third-order valence-corrected chi connectivity index (χ3v) is 3.10. The van der Waals surface area contributed by atoms with Crippen molar-refractivity contribution in [2.24, 2.45) is 5.92 Å². The van der Waals surface area contributed by atoms with Gasteiger partial charge in [-0.25, -0.2) is 0 Å². The van der Waals surface area contributed by atoms with Crippen molar-refractivity contribution in [3.05, 3.63) is 32.8 Å². The molecule has 1 aromatic carbocycles. The van der Waals surface area contributed by atoms with E-state index >= 15 is 0 Å². The summed E-state index contributed by atoms with van der Waals surface area (Å²) in [7, 11) is 0. The number of halogens is 1. The van der Waals surface area contributed by atoms with Gasteiger partial charge < -0.3 is 5.32 Å². The average Bonchev–Trinajstić information content (AvgIpc) is 2.81. The molecule has 0 radical (unpaired) electrons. The lowest BCUT2D eigenvalue weighted by atomic mass is 10.2. The molecule has 0 aromatic heterocycles. The van der Waals surface area contributed by atoms with E-state index in [4.69, 9.17) is 0 Å². The molecule has 1 aliphatic carbocycles. The third kappa shape index (κ3) is 2.28. The molecule has 4 nitrogen and oxygen atoms in total. The number of nitrogens with zero attached hydrogens (tertiary/aromatic N) is 1. The molecular weight excluding hydrogens is 260 g/mol. The minimum atomic E-state index is -0.359. The predicted molar refractivity (Wildman–Crippen MR) is 62.0 cm³/mol. The molecule has 2 rings (SSSR count). The Morgan fingerprint density at radius 2 is 2.27 bits per heavy atom. The molecule has 80 valence electrons. The van der Waals surface area contributed by atoms with Gasteiger partial charge in [0.25, 0.3) is 5.69 Å². The first-order chi connectivity index (χ1) is 7.08. The highest BCUT2D eigenvalue weighted by molar-refractivity contribution is 9.10. The summed E-state index contributed by atoms with van der Waals surface area (Å²) in [5.41, 5.74) is 0.737. The molecule has 0 amide bonds. The summed E-state index contributed by atoms with van der Waals surface area (Å²) in [6, 6.07) is 5.33. The molecule has 2 unspecified atom stereocenters. The summed E-state index contributed by atoms with van der Waals surface area (Å²) < 4.78 is 0.851. The van der Waals surface area contributed by atoms with Gasteiger partial charge in [-0.3, -0.25) is 10.1 Å². The molecule has 2 atom stereocenters. The fraction of sp³-hybridized carbons (Fsp3) is 0.400. The number of hydrogen-bond donors (Lipinski definition) is 1. The van der Waals surface area contributed by atoms with Crippen LogP contribution in [0.1, 0.15) is 13.3 Å². The SMILES string of the molecule is CC1CC1Nc1cc(Br)ccc1[N+](=O)[O-]. The van der Waals surface area contributed by atoms with Gasteiger partial charge >= 0.3 is 0 Å². The highest BCUT2D eigenvalue weighted by Crippen LogP contribution is 2.36. The van der Waals surface area contributed by atoms with E-state index in [2.05, 4.69) is 28.2 Å². The van der Waals surface area contributed by atoms with Gasteiger partial charge in [-0.15, -0.1) is 0 Å². The number of rotatable bonds is 3. The molecule has 1 N–H and O–H groups in total. The second-order valence-corrected chi connectivity index (χ2v) is 4.80. The lowest BCUT2D eigenvalue weighted by molar-refractivity contribution is -0.384. The van der Waals surface area contributed by atoms with E-state index in [1.54, 1.807) is 12.1 Å². The highest BCUT2D eigenvalue weighted by Gasteiger charge is 2.33. The van der Waals surface area contributed by atoms with Gasteiger partial charge in [0.1, 0.15) is 5.69 Å². The number of nitro groups is 1. The average molecular weight is 271 g/mol. The Hall–Kier alpha value is -1.10. The second kappa shape index (κ2) is 3.81. The van der Waals surface area contributed by atoms with Crippen LogP contribution in [-0.4, -0.2) is 11.0 Å². The molecular formula is C10H11BrN2O2. The van der Waals surface area contributed by atoms with Crippen molar-refractivity contribution in [3.63, 3.8) is 0 Å². The quantitative estimate of drug-likeness (QED) is 0.678. The smallest absolute Gasteiger partial charge is 0.292 e. The van der Waals surface area contributed by atoms with Crippen molar-refractivity contribution >= 4 is 27.3 Å². The van der Waals surface area contributed by atoms with Gasteiger partial charge in [0, 0.05) is 16.6 Å². The molecule has 0 heterocycles. The Labute approximate surface area is 96.0 Å². The predicted octanol–water partition coefficient (Wildman–Crippen LogP) is 3.18. The number of nitro benzene ring substituents is 1. The Bertz CT molecular complexity index is 408. The van der Waals surface area contributed by atoms with Crippen molar-refractivity contribution in [2.75, 3.05) is 5.32 Å². The first-order valence-corrected chi connectivity index (χ1v) is 5.57. The van der Waals surface area contributed by atoms with Crippen LogP contribution in [0.2, 0.25) is 0 Å². The second-order valence-electron chi connectivity index (χ2n) is 3.88. The maximum atomic E-state index is 10.8. The van der Waals surface area contributed by atoms with Crippen LogP contribution in [0.15, 0.2) is 22.7 Å². The summed E-state index contributed by atoms with van der Waals surface area (Å²) in [4.78, 5) is 10.4. The minimum absolute atomic E-state index is 0.136. The molecule has 1 aliphatic rings. The summed E-state index contributed by atoms with van der Waals surface area (Å²) >= 11 is 3.31. The maximum Gasteiger partial charge on any atom is 0.292 e. The van der Waals surface area contributed by atoms with Crippen LogP contribution in [0, 0.1) is 16.0 Å². The largest absolute Gasteiger partial charge is 0.376 e. The first kappa shape index (κ1) is 10.4.